The van der Waals surface area contributed by atoms with Crippen LogP contribution in [-0.2, 0) is 4.79 Å². The quantitative estimate of drug-likeness (QED) is 0.550. The second-order valence-corrected chi connectivity index (χ2v) is 4.60. The van der Waals surface area contributed by atoms with Crippen LogP contribution in [0.25, 0.3) is 6.08 Å². The highest BCUT2D eigenvalue weighted by atomic mass is 32.1. The van der Waals surface area contributed by atoms with E-state index in [4.69, 9.17) is 12.2 Å². The van der Waals surface area contributed by atoms with Crippen molar-refractivity contribution >= 4 is 40.7 Å². The summed E-state index contributed by atoms with van der Waals surface area (Å²) in [6.45, 7) is 0. The number of carbonyl (C=O) groups excluding carboxylic acids is 1. The van der Waals surface area contributed by atoms with Crippen LogP contribution in [0.5, 0.6) is 0 Å². The highest BCUT2D eigenvalue weighted by Crippen LogP contribution is 2.22. The maximum absolute atomic E-state index is 11.8. The van der Waals surface area contributed by atoms with Crippen molar-refractivity contribution in [2.24, 2.45) is 0 Å². The van der Waals surface area contributed by atoms with E-state index in [9.17, 15) is 4.79 Å². The van der Waals surface area contributed by atoms with Crippen LogP contribution in [0, 0.1) is 0 Å². The Morgan fingerprint density at radius 1 is 1.40 bits per heavy atom. The van der Waals surface area contributed by atoms with Gasteiger partial charge in [0.05, 0.1) is 0 Å². The summed E-state index contributed by atoms with van der Waals surface area (Å²) in [5.74, 6) is -0.0455. The third kappa shape index (κ3) is 1.68. The highest BCUT2D eigenvalue weighted by Gasteiger charge is 2.32. The molecular formula is C10H10N2OS2. The van der Waals surface area contributed by atoms with Crippen LogP contribution in [0.2, 0.25) is 0 Å². The van der Waals surface area contributed by atoms with Crippen molar-refractivity contribution in [3.05, 3.63) is 28.1 Å². The molecule has 0 radical (unpaired) electrons. The van der Waals surface area contributed by atoms with Crippen molar-refractivity contribution in [1.82, 2.24) is 9.80 Å². The first-order chi connectivity index (χ1) is 7.11. The molecule has 2 rings (SSSR count). The summed E-state index contributed by atoms with van der Waals surface area (Å²) in [5.41, 5.74) is 0.630. The first-order valence-electron chi connectivity index (χ1n) is 4.42. The van der Waals surface area contributed by atoms with Gasteiger partial charge in [0.2, 0.25) is 0 Å². The van der Waals surface area contributed by atoms with E-state index in [1.807, 2.05) is 30.6 Å². The fraction of sp³-hybridized carbons (Fsp3) is 0.200. The number of likely N-dealkylation sites (N-methyl/N-ethyl adjacent to an activating group) is 2. The zero-order valence-electron chi connectivity index (χ0n) is 8.43. The standard InChI is InChI=1S/C10H10N2OS2/c1-11-8(6-7-4-3-5-15-7)9(13)12(2)10(11)14/h3-6H,1-2H3. The van der Waals surface area contributed by atoms with E-state index in [1.165, 1.54) is 4.90 Å². The molecule has 15 heavy (non-hydrogen) atoms. The molecule has 0 aliphatic carbocycles. The molecule has 0 atom stereocenters. The number of hydrogen-bond donors (Lipinski definition) is 0. The Hall–Kier alpha value is -1.20. The van der Waals surface area contributed by atoms with Gasteiger partial charge in [-0.1, -0.05) is 6.07 Å². The summed E-state index contributed by atoms with van der Waals surface area (Å²) in [4.78, 5) is 16.1. The van der Waals surface area contributed by atoms with Crippen molar-refractivity contribution in [1.29, 1.82) is 0 Å². The van der Waals surface area contributed by atoms with Gasteiger partial charge in [0.25, 0.3) is 5.91 Å². The molecule has 0 aromatic carbocycles. The Morgan fingerprint density at radius 3 is 2.60 bits per heavy atom. The average Bonchev–Trinajstić information content (AvgIpc) is 2.79. The molecule has 1 amide bonds. The van der Waals surface area contributed by atoms with Crippen LogP contribution in [0.3, 0.4) is 0 Å². The Labute approximate surface area is 97.6 Å². The van der Waals surface area contributed by atoms with E-state index in [-0.39, 0.29) is 5.91 Å². The lowest BCUT2D eigenvalue weighted by Crippen LogP contribution is -2.26. The lowest BCUT2D eigenvalue weighted by atomic mass is 10.3. The summed E-state index contributed by atoms with van der Waals surface area (Å²) < 4.78 is 0. The minimum absolute atomic E-state index is 0.0455. The molecule has 0 saturated carbocycles. The third-order valence-electron chi connectivity index (χ3n) is 2.28. The summed E-state index contributed by atoms with van der Waals surface area (Å²) in [6, 6.07) is 3.93. The lowest BCUT2D eigenvalue weighted by Gasteiger charge is -2.10. The van der Waals surface area contributed by atoms with Crippen molar-refractivity contribution in [2.75, 3.05) is 14.1 Å². The van der Waals surface area contributed by atoms with Crippen LogP contribution in [0.4, 0.5) is 0 Å². The molecule has 0 spiro atoms. The molecule has 0 bridgehead atoms. The number of carbonyl (C=O) groups is 1. The largest absolute Gasteiger partial charge is 0.317 e. The Bertz CT molecular complexity index is 436. The van der Waals surface area contributed by atoms with Gasteiger partial charge >= 0.3 is 0 Å². The van der Waals surface area contributed by atoms with Crippen LogP contribution >= 0.6 is 23.6 Å². The number of thiophene rings is 1. The monoisotopic (exact) mass is 238 g/mol. The summed E-state index contributed by atoms with van der Waals surface area (Å²) in [6.07, 6.45) is 1.86. The van der Waals surface area contributed by atoms with E-state index in [1.54, 1.807) is 23.3 Å². The number of thiocarbonyl (C=S) groups is 1. The zero-order chi connectivity index (χ0) is 11.0. The molecule has 0 unspecified atom stereocenters. The minimum atomic E-state index is -0.0455. The van der Waals surface area contributed by atoms with Gasteiger partial charge in [-0.15, -0.1) is 11.3 Å². The van der Waals surface area contributed by atoms with Gasteiger partial charge in [-0.25, -0.2) is 0 Å². The number of hydrogen-bond acceptors (Lipinski definition) is 3. The maximum atomic E-state index is 11.8. The Morgan fingerprint density at radius 2 is 2.13 bits per heavy atom. The summed E-state index contributed by atoms with van der Waals surface area (Å²) >= 11 is 6.71. The normalized spacial score (nSPS) is 19.5. The van der Waals surface area contributed by atoms with Gasteiger partial charge in [-0.3, -0.25) is 9.69 Å². The Balaban J connectivity index is 2.38. The second kappa shape index (κ2) is 3.75. The SMILES string of the molecule is CN1C(=O)C(=Cc2cccs2)N(C)C1=S. The van der Waals surface area contributed by atoms with E-state index >= 15 is 0 Å². The molecule has 78 valence electrons. The molecule has 0 N–H and O–H groups in total. The van der Waals surface area contributed by atoms with Crippen LogP contribution in [0.15, 0.2) is 23.2 Å². The number of nitrogens with zero attached hydrogens (tertiary/aromatic N) is 2. The summed E-state index contributed by atoms with van der Waals surface area (Å²) in [7, 11) is 3.50. The average molecular weight is 238 g/mol. The molecule has 1 aliphatic heterocycles. The second-order valence-electron chi connectivity index (χ2n) is 3.25. The van der Waals surface area contributed by atoms with Gasteiger partial charge in [-0.05, 0) is 29.7 Å². The molecule has 2 heterocycles. The van der Waals surface area contributed by atoms with Gasteiger partial charge in [-0.2, -0.15) is 0 Å². The fourth-order valence-electron chi connectivity index (χ4n) is 1.40. The molecule has 3 nitrogen and oxygen atoms in total. The number of rotatable bonds is 1. The van der Waals surface area contributed by atoms with Crippen LogP contribution < -0.4 is 0 Å². The molecule has 1 saturated heterocycles. The molecule has 1 aromatic rings. The topological polar surface area (TPSA) is 23.6 Å². The van der Waals surface area contributed by atoms with Crippen molar-refractivity contribution in [3.8, 4) is 0 Å². The van der Waals surface area contributed by atoms with Gasteiger partial charge < -0.3 is 4.90 Å². The van der Waals surface area contributed by atoms with Crippen molar-refractivity contribution < 1.29 is 4.79 Å². The molecule has 5 heteroatoms. The molecule has 1 fully saturated rings. The predicted molar refractivity (Wildman–Crippen MR) is 65.4 cm³/mol. The smallest absolute Gasteiger partial charge is 0.276 e. The Kier molecular flexibility index (Phi) is 2.58. The summed E-state index contributed by atoms with van der Waals surface area (Å²) in [5, 5.41) is 2.52. The number of amides is 1. The fourth-order valence-corrected chi connectivity index (χ4v) is 2.23. The molecular weight excluding hydrogens is 228 g/mol. The minimum Gasteiger partial charge on any atom is -0.317 e. The first kappa shape index (κ1) is 10.3. The zero-order valence-corrected chi connectivity index (χ0v) is 10.1. The highest BCUT2D eigenvalue weighted by molar-refractivity contribution is 7.80. The first-order valence-corrected chi connectivity index (χ1v) is 5.71. The van der Waals surface area contributed by atoms with E-state index < -0.39 is 0 Å². The molecule has 1 aliphatic rings. The van der Waals surface area contributed by atoms with E-state index in [0.29, 0.717) is 10.8 Å². The van der Waals surface area contributed by atoms with E-state index in [0.717, 1.165) is 4.88 Å². The van der Waals surface area contributed by atoms with Gasteiger partial charge in [0, 0.05) is 19.0 Å². The van der Waals surface area contributed by atoms with Crippen LogP contribution in [0.1, 0.15) is 4.88 Å². The lowest BCUT2D eigenvalue weighted by molar-refractivity contribution is -0.121. The van der Waals surface area contributed by atoms with Gasteiger partial charge in [0.15, 0.2) is 5.11 Å². The third-order valence-corrected chi connectivity index (χ3v) is 3.65. The van der Waals surface area contributed by atoms with Gasteiger partial charge in [0.1, 0.15) is 5.70 Å². The van der Waals surface area contributed by atoms with Crippen molar-refractivity contribution in [3.63, 3.8) is 0 Å². The molecule has 1 aromatic heterocycles. The van der Waals surface area contributed by atoms with Crippen molar-refractivity contribution in [2.45, 2.75) is 0 Å². The predicted octanol–water partition coefficient (Wildman–Crippen LogP) is 1.78. The maximum Gasteiger partial charge on any atom is 0.276 e. The van der Waals surface area contributed by atoms with Crippen LogP contribution in [-0.4, -0.2) is 34.9 Å². The van der Waals surface area contributed by atoms with E-state index in [2.05, 4.69) is 0 Å².